The first-order valence-electron chi connectivity index (χ1n) is 4.49. The fourth-order valence-electron chi connectivity index (χ4n) is 1.88. The summed E-state index contributed by atoms with van der Waals surface area (Å²) in [6, 6.07) is -1.44. The van der Waals surface area contributed by atoms with Gasteiger partial charge in [0.1, 0.15) is 6.04 Å². The molecule has 78 valence electrons. The van der Waals surface area contributed by atoms with E-state index >= 15 is 0 Å². The first-order chi connectivity index (χ1) is 5.96. The van der Waals surface area contributed by atoms with Crippen molar-refractivity contribution in [2.45, 2.75) is 38.0 Å². The smallest absolute Gasteiger partial charge is 0.329 e. The zero-order valence-electron chi connectivity index (χ0n) is 7.64. The summed E-state index contributed by atoms with van der Waals surface area (Å²) in [7, 11) is 0. The third kappa shape index (κ3) is 2.34. The van der Waals surface area contributed by atoms with Gasteiger partial charge >= 0.3 is 6.18 Å². The average molecular weight is 196 g/mol. The molecule has 13 heavy (non-hydrogen) atoms. The molecule has 5 heteroatoms. The molecule has 1 fully saturated rings. The molecule has 2 nitrogen and oxygen atoms in total. The highest BCUT2D eigenvalue weighted by molar-refractivity contribution is 4.86. The van der Waals surface area contributed by atoms with Crippen LogP contribution in [-0.4, -0.2) is 36.2 Å². The van der Waals surface area contributed by atoms with Crippen LogP contribution >= 0.6 is 0 Å². The van der Waals surface area contributed by atoms with Gasteiger partial charge in [-0.3, -0.25) is 4.90 Å². The van der Waals surface area contributed by atoms with Crippen molar-refractivity contribution in [1.82, 2.24) is 4.90 Å². The SMILES string of the molecule is CC1CCCN1C(CN)C(F)(F)F. The van der Waals surface area contributed by atoms with E-state index in [9.17, 15) is 13.2 Å². The lowest BCUT2D eigenvalue weighted by atomic mass is 10.2. The molecule has 2 unspecified atom stereocenters. The van der Waals surface area contributed by atoms with E-state index in [1.54, 1.807) is 0 Å². The molecule has 0 aliphatic carbocycles. The molecule has 0 aromatic carbocycles. The third-order valence-electron chi connectivity index (χ3n) is 2.61. The fraction of sp³-hybridized carbons (Fsp3) is 1.00. The standard InChI is InChI=1S/C8H15F3N2/c1-6-3-2-4-13(6)7(5-12)8(9,10)11/h6-7H,2-5,12H2,1H3. The van der Waals surface area contributed by atoms with Crippen LogP contribution in [0.25, 0.3) is 0 Å². The van der Waals surface area contributed by atoms with Crippen molar-refractivity contribution in [3.05, 3.63) is 0 Å². The van der Waals surface area contributed by atoms with Gasteiger partial charge in [-0.2, -0.15) is 13.2 Å². The van der Waals surface area contributed by atoms with E-state index in [-0.39, 0.29) is 12.6 Å². The topological polar surface area (TPSA) is 29.3 Å². The number of hydrogen-bond donors (Lipinski definition) is 1. The molecule has 1 aliphatic heterocycles. The number of halogens is 3. The lowest BCUT2D eigenvalue weighted by molar-refractivity contribution is -0.182. The minimum absolute atomic E-state index is 0.00942. The number of likely N-dealkylation sites (tertiary alicyclic amines) is 1. The van der Waals surface area contributed by atoms with Gasteiger partial charge in [-0.15, -0.1) is 0 Å². The molecule has 0 radical (unpaired) electrons. The van der Waals surface area contributed by atoms with Gasteiger partial charge < -0.3 is 5.73 Å². The summed E-state index contributed by atoms with van der Waals surface area (Å²) in [5, 5.41) is 0. The Kier molecular flexibility index (Phi) is 3.18. The first-order valence-corrected chi connectivity index (χ1v) is 4.49. The van der Waals surface area contributed by atoms with Gasteiger partial charge in [0.15, 0.2) is 0 Å². The minimum Gasteiger partial charge on any atom is -0.329 e. The maximum atomic E-state index is 12.4. The van der Waals surface area contributed by atoms with Crippen LogP contribution in [0, 0.1) is 0 Å². The quantitative estimate of drug-likeness (QED) is 0.722. The summed E-state index contributed by atoms with van der Waals surface area (Å²) in [6.07, 6.45) is -2.51. The molecule has 0 spiro atoms. The van der Waals surface area contributed by atoms with Gasteiger partial charge in [-0.05, 0) is 26.3 Å². The van der Waals surface area contributed by atoms with Gasteiger partial charge in [-0.25, -0.2) is 0 Å². The van der Waals surface area contributed by atoms with E-state index in [0.717, 1.165) is 12.8 Å². The van der Waals surface area contributed by atoms with Crippen molar-refractivity contribution < 1.29 is 13.2 Å². The van der Waals surface area contributed by atoms with Crippen molar-refractivity contribution in [1.29, 1.82) is 0 Å². The summed E-state index contributed by atoms with van der Waals surface area (Å²) >= 11 is 0. The zero-order chi connectivity index (χ0) is 10.1. The summed E-state index contributed by atoms with van der Waals surface area (Å²) in [6.45, 7) is 2.00. The molecular weight excluding hydrogens is 181 g/mol. The molecule has 0 aromatic rings. The van der Waals surface area contributed by atoms with Gasteiger partial charge in [0.25, 0.3) is 0 Å². The Labute approximate surface area is 75.9 Å². The highest BCUT2D eigenvalue weighted by atomic mass is 19.4. The largest absolute Gasteiger partial charge is 0.405 e. The Bertz CT molecular complexity index is 169. The Hall–Kier alpha value is -0.290. The van der Waals surface area contributed by atoms with Gasteiger partial charge in [-0.1, -0.05) is 0 Å². The Morgan fingerprint density at radius 2 is 2.15 bits per heavy atom. The van der Waals surface area contributed by atoms with E-state index in [4.69, 9.17) is 5.73 Å². The minimum atomic E-state index is -4.19. The zero-order valence-corrected chi connectivity index (χ0v) is 7.64. The summed E-state index contributed by atoms with van der Waals surface area (Å²) in [5.41, 5.74) is 5.14. The number of alkyl halides is 3. The van der Waals surface area contributed by atoms with Gasteiger partial charge in [0.05, 0.1) is 0 Å². The predicted molar refractivity (Wildman–Crippen MR) is 44.3 cm³/mol. The highest BCUT2D eigenvalue weighted by Gasteiger charge is 2.45. The summed E-state index contributed by atoms with van der Waals surface area (Å²) in [5.74, 6) is 0. The molecule has 0 amide bonds. The van der Waals surface area contributed by atoms with Crippen molar-refractivity contribution in [3.8, 4) is 0 Å². The van der Waals surface area contributed by atoms with Crippen LogP contribution in [0.15, 0.2) is 0 Å². The maximum Gasteiger partial charge on any atom is 0.405 e. The third-order valence-corrected chi connectivity index (χ3v) is 2.61. The second-order valence-corrected chi connectivity index (χ2v) is 3.52. The Morgan fingerprint density at radius 3 is 2.46 bits per heavy atom. The molecule has 1 aliphatic rings. The van der Waals surface area contributed by atoms with Gasteiger partial charge in [0.2, 0.25) is 0 Å². The van der Waals surface area contributed by atoms with E-state index in [1.165, 1.54) is 4.90 Å². The monoisotopic (exact) mass is 196 g/mol. The van der Waals surface area contributed by atoms with Crippen molar-refractivity contribution >= 4 is 0 Å². The van der Waals surface area contributed by atoms with E-state index in [2.05, 4.69) is 0 Å². The van der Waals surface area contributed by atoms with E-state index in [1.807, 2.05) is 6.92 Å². The first kappa shape index (κ1) is 10.8. The van der Waals surface area contributed by atoms with Crippen LogP contribution in [0.1, 0.15) is 19.8 Å². The number of rotatable bonds is 2. The second-order valence-electron chi connectivity index (χ2n) is 3.52. The molecule has 0 aromatic heterocycles. The van der Waals surface area contributed by atoms with Crippen molar-refractivity contribution in [2.24, 2.45) is 5.73 Å². The maximum absolute atomic E-state index is 12.4. The Morgan fingerprint density at radius 1 is 1.54 bits per heavy atom. The molecule has 1 rings (SSSR count). The highest BCUT2D eigenvalue weighted by Crippen LogP contribution is 2.29. The van der Waals surface area contributed by atoms with Crippen LogP contribution in [-0.2, 0) is 0 Å². The Balaban J connectivity index is 2.66. The molecule has 1 saturated heterocycles. The van der Waals surface area contributed by atoms with Crippen LogP contribution in [0.2, 0.25) is 0 Å². The van der Waals surface area contributed by atoms with E-state index < -0.39 is 12.2 Å². The molecule has 2 atom stereocenters. The predicted octanol–water partition coefficient (Wildman–Crippen LogP) is 1.36. The van der Waals surface area contributed by atoms with Crippen molar-refractivity contribution in [2.75, 3.05) is 13.1 Å². The average Bonchev–Trinajstić information content (AvgIpc) is 2.35. The fourth-order valence-corrected chi connectivity index (χ4v) is 1.88. The van der Waals surface area contributed by atoms with Crippen molar-refractivity contribution in [3.63, 3.8) is 0 Å². The lowest BCUT2D eigenvalue weighted by Crippen LogP contribution is -2.51. The molecule has 1 heterocycles. The van der Waals surface area contributed by atoms with Crippen LogP contribution in [0.5, 0.6) is 0 Å². The molecule has 0 saturated carbocycles. The summed E-state index contributed by atoms with van der Waals surface area (Å²) < 4.78 is 37.3. The molecular formula is C8H15F3N2. The van der Waals surface area contributed by atoms with Crippen LogP contribution < -0.4 is 5.73 Å². The lowest BCUT2D eigenvalue weighted by Gasteiger charge is -2.31. The normalized spacial score (nSPS) is 27.9. The van der Waals surface area contributed by atoms with Crippen LogP contribution in [0.4, 0.5) is 13.2 Å². The number of nitrogens with two attached hydrogens (primary N) is 1. The van der Waals surface area contributed by atoms with E-state index in [0.29, 0.717) is 6.54 Å². The number of hydrogen-bond acceptors (Lipinski definition) is 2. The number of nitrogens with zero attached hydrogens (tertiary/aromatic N) is 1. The van der Waals surface area contributed by atoms with Gasteiger partial charge in [0, 0.05) is 12.6 Å². The molecule has 2 N–H and O–H groups in total. The summed E-state index contributed by atoms with van der Waals surface area (Å²) in [4.78, 5) is 1.46. The molecule has 0 bridgehead atoms. The van der Waals surface area contributed by atoms with Crippen LogP contribution in [0.3, 0.4) is 0 Å². The second kappa shape index (κ2) is 3.84.